The molecule has 150 heavy (non-hydrogen) atoms. The Balaban J connectivity index is 0.000000208. The molecule has 35 N–H and O–H groups in total. The average Bonchev–Trinajstić information content (AvgIpc) is 1.60. The van der Waals surface area contributed by atoms with E-state index >= 15 is 0 Å². The zero-order valence-corrected chi connectivity index (χ0v) is 92.1. The second kappa shape index (κ2) is 49.6. The molecule has 0 aromatic heterocycles. The minimum absolute atomic E-state index is 0.000167. The van der Waals surface area contributed by atoms with E-state index in [0.717, 1.165) is 93.4 Å². The van der Waals surface area contributed by atoms with Crippen molar-refractivity contribution in [2.45, 2.75) is 352 Å². The lowest BCUT2D eigenvalue weighted by molar-refractivity contribution is -0.145. The fourth-order valence-corrected chi connectivity index (χ4v) is 32.0. The Morgan fingerprint density at radius 3 is 0.873 bits per heavy atom. The molecule has 13 rings (SSSR count). The third-order valence-corrected chi connectivity index (χ3v) is 43.4. The number of carboxylic acid groups (broad SMARTS) is 5. The van der Waals surface area contributed by atoms with Crippen molar-refractivity contribution in [3.8, 4) is 0 Å². The van der Waals surface area contributed by atoms with Crippen LogP contribution in [0, 0.1) is 35.5 Å². The third kappa shape index (κ3) is 30.0. The summed E-state index contributed by atoms with van der Waals surface area (Å²) in [6.07, 6.45) is 13.2. The number of rotatable bonds is 51. The fourth-order valence-electron chi connectivity index (χ4n) is 21.4. The molecule has 6 aliphatic carbocycles. The molecule has 852 valence electrons. The van der Waals surface area contributed by atoms with Crippen LogP contribution < -0.4 is 61.6 Å². The highest BCUT2D eigenvalue weighted by molar-refractivity contribution is 7.90. The standard InChI is InChI=1S/C20H33BN4O6S.C19H31BN4O6S.C17H33BN4O6S.2C17H35BN4O6S/c1-15(19(22)9-10-19)25(12-16-6-3-2-4-7-16)32(30,31)24-13-17(8-5-11-21(28)29)20(23,14-24)18(26)27;1-14(18(21)9-10-18)24(16-7-3-2-4-8-16)31(29,30)23-12-15(6-5-11-20(27)28)19(22,13-23)17(25)26;1-12(16(19)7-8-16)22(14-5-2-6-14)29(27,28)21-10-13(4-3-9-18(25)26)17(20,11-21)15(23)24;1-12(16(19)7-8-16)22(15(2,3)4)29(27,28)21-10-13(6-5-9-18(25)26)17(20,11-21)14(23)24;1-12(2)9-22(13(3)16(19)6-7-16)29(27,28)21-10-14(5-4-8-18(25)26)17(20,11-21)15(23)24/h2-4,6-7,15,17,28-29H,5,8-14,22-23H2,1H3,(H,26,27);2-4,7-8,14-15,27-28H,5-6,9-13,21-22H2,1H3,(H,25,26);12-14,25-26H,2-11,19-20H2,1H3,(H,23,24);12-13,25-26H,5-11,19-20H2,1-4H3,(H,23,24);12-14,25-26H,4-11,19-20H2,1-3H3,(H,23,24)/t15?,17-,20-;14?,15-,19-;2*12?,13-,17-;13?,14-,17-/m00000/s1. The van der Waals surface area contributed by atoms with Gasteiger partial charge in [0, 0.05) is 172 Å². The molecule has 15 atom stereocenters. The van der Waals surface area contributed by atoms with Gasteiger partial charge in [-0.1, -0.05) is 101 Å². The Bertz CT molecular complexity index is 5490. The minimum Gasteiger partial charge on any atom is -0.480 e. The number of hydrogen-bond donors (Lipinski definition) is 25. The van der Waals surface area contributed by atoms with E-state index in [-0.39, 0.29) is 154 Å². The summed E-state index contributed by atoms with van der Waals surface area (Å²) in [7, 11) is -27.6. The second-order valence-corrected chi connectivity index (χ2v) is 55.0. The number of nitrogens with two attached hydrogens (primary N) is 10. The molecule has 6 saturated carbocycles. The highest BCUT2D eigenvalue weighted by Gasteiger charge is 2.64. The van der Waals surface area contributed by atoms with Gasteiger partial charge >= 0.3 is 75.6 Å². The fraction of sp³-hybridized carbons (Fsp3) is 0.811. The van der Waals surface area contributed by atoms with Gasteiger partial charge in [0.2, 0.25) is 0 Å². The van der Waals surface area contributed by atoms with Crippen molar-refractivity contribution in [1.29, 1.82) is 0 Å². The van der Waals surface area contributed by atoms with Gasteiger partial charge in [0.05, 0.1) is 11.7 Å². The lowest BCUT2D eigenvalue weighted by Crippen LogP contribution is -2.61. The van der Waals surface area contributed by atoms with Crippen LogP contribution in [-0.2, 0) is 81.6 Å². The number of nitrogens with zero attached hydrogens (tertiary/aromatic N) is 10. The third-order valence-electron chi connectivity index (χ3n) is 33.1. The summed E-state index contributed by atoms with van der Waals surface area (Å²) in [5.74, 6) is -9.46. The summed E-state index contributed by atoms with van der Waals surface area (Å²) >= 11 is 0. The Morgan fingerprint density at radius 1 is 0.353 bits per heavy atom. The van der Waals surface area contributed by atoms with E-state index in [1.807, 2.05) is 51.1 Å². The van der Waals surface area contributed by atoms with Crippen LogP contribution in [0.2, 0.25) is 31.6 Å². The van der Waals surface area contributed by atoms with E-state index in [1.165, 1.54) is 25.8 Å². The first-order valence-corrected chi connectivity index (χ1v) is 58.9. The monoisotopic (exact) mass is 2220 g/mol. The van der Waals surface area contributed by atoms with Gasteiger partial charge in [0.15, 0.2) is 0 Å². The lowest BCUT2D eigenvalue weighted by Gasteiger charge is -2.43. The van der Waals surface area contributed by atoms with E-state index in [2.05, 4.69) is 0 Å². The molecule has 11 fully saturated rings. The highest BCUT2D eigenvalue weighted by atomic mass is 32.2. The molecule has 2 aromatic rings. The normalized spacial score (nSPS) is 28.0. The number of anilines is 1. The lowest BCUT2D eigenvalue weighted by atomic mass is 9.78. The molecule has 5 aliphatic heterocycles. The van der Waals surface area contributed by atoms with E-state index in [9.17, 15) is 91.6 Å². The zero-order valence-electron chi connectivity index (χ0n) is 88.0. The van der Waals surface area contributed by atoms with Crippen LogP contribution in [0.25, 0.3) is 0 Å². The van der Waals surface area contributed by atoms with Gasteiger partial charge in [-0.25, -0.2) is 0 Å². The van der Waals surface area contributed by atoms with Gasteiger partial charge in [-0.3, -0.25) is 28.3 Å². The first kappa shape index (κ1) is 128. The van der Waals surface area contributed by atoms with E-state index in [4.69, 9.17) is 108 Å². The number of carbonyl (C=O) groups is 5. The molecule has 60 heteroatoms. The predicted molar refractivity (Wildman–Crippen MR) is 565 cm³/mol. The SMILES string of the molecule is CC(C)CN(C(C)C1(N)CC1)S(=O)(=O)N1C[C@H](CCCB(O)O)[C@](N)(C(=O)O)C1.CC(N(C(C)(C)C)S(=O)(=O)N1C[C@H](CCCB(O)O)[C@](N)(C(=O)O)C1)C1(N)CC1.CC(N(C1CCC1)S(=O)(=O)N1C[C@H](CCCB(O)O)[C@](N)(C(=O)O)C1)C1(N)CC1.CC(N(Cc1ccccc1)S(=O)(=O)N1C[C@H](CCCB(O)O)[C@](N)(C(=O)O)C1)C1(N)CC1.CC(N(c1ccccc1)S(=O)(=O)N1C[C@H](CCCB(O)O)[C@](N)(C(=O)O)C1)C1(N)CC1. The number of benzene rings is 2. The maximum absolute atomic E-state index is 13.8. The average molecular weight is 2220 g/mol. The predicted octanol–water partition coefficient (Wildman–Crippen LogP) is -3.69. The van der Waals surface area contributed by atoms with Crippen LogP contribution in [0.4, 0.5) is 5.69 Å². The molecule has 0 radical (unpaired) electrons. The van der Waals surface area contributed by atoms with Crippen molar-refractivity contribution in [3.05, 3.63) is 66.2 Å². The number of carboxylic acids is 5. The minimum atomic E-state index is -4.13. The molecule has 0 amide bonds. The summed E-state index contributed by atoms with van der Waals surface area (Å²) in [6.45, 7) is 16.7. The second-order valence-electron chi connectivity index (χ2n) is 45.8. The Morgan fingerprint density at radius 2 is 0.607 bits per heavy atom. The highest BCUT2D eigenvalue weighted by Crippen LogP contribution is 2.50. The van der Waals surface area contributed by atoms with Crippen LogP contribution in [-0.4, -0.2) is 391 Å². The zero-order chi connectivity index (χ0) is 113. The molecule has 11 aliphatic rings. The summed E-state index contributed by atoms with van der Waals surface area (Å²) in [5.41, 5.74) is 51.5. The molecule has 50 nitrogen and oxygen atoms in total. The largest absolute Gasteiger partial charge is 0.480 e. The summed E-state index contributed by atoms with van der Waals surface area (Å²) < 4.78 is 149. The molecule has 5 heterocycles. The van der Waals surface area contributed by atoms with Crippen molar-refractivity contribution >= 4 is 122 Å². The van der Waals surface area contributed by atoms with Gasteiger partial charge in [-0.05, 0) is 220 Å². The first-order chi connectivity index (χ1) is 69.0. The van der Waals surface area contributed by atoms with Gasteiger partial charge in [0.25, 0.3) is 40.8 Å². The van der Waals surface area contributed by atoms with E-state index in [0.29, 0.717) is 57.1 Å². The molecular weight excluding hydrogens is 2060 g/mol. The van der Waals surface area contributed by atoms with Crippen LogP contribution in [0.3, 0.4) is 0 Å². The molecule has 2 aromatic carbocycles. The maximum Gasteiger partial charge on any atom is 0.451 e. The van der Waals surface area contributed by atoms with E-state index in [1.54, 1.807) is 78.8 Å². The van der Waals surface area contributed by atoms with Crippen LogP contribution >= 0.6 is 0 Å². The van der Waals surface area contributed by atoms with Crippen molar-refractivity contribution in [2.75, 3.05) is 76.3 Å². The van der Waals surface area contributed by atoms with Crippen molar-refractivity contribution in [1.82, 2.24) is 38.7 Å². The quantitative estimate of drug-likeness (QED) is 0.0284. The number of aliphatic carboxylic acids is 5. The van der Waals surface area contributed by atoms with Crippen LogP contribution in [0.1, 0.15) is 222 Å². The Labute approximate surface area is 885 Å². The number of hydrogen-bond acceptors (Lipinski definition) is 35. The summed E-state index contributed by atoms with van der Waals surface area (Å²) in [4.78, 5) is 59.6. The van der Waals surface area contributed by atoms with Gasteiger partial charge < -0.3 is 133 Å². The first-order valence-electron chi connectivity index (χ1n) is 51.9. The maximum atomic E-state index is 13.8. The molecule has 0 spiro atoms. The smallest absolute Gasteiger partial charge is 0.451 e. The molecule has 5 unspecified atom stereocenters. The molecule has 5 saturated heterocycles. The molecular formula is C90H167B5N20O30S5. The van der Waals surface area contributed by atoms with Gasteiger partial charge in [0.1, 0.15) is 27.7 Å². The van der Waals surface area contributed by atoms with Crippen LogP contribution in [0.5, 0.6) is 0 Å². The summed E-state index contributed by atoms with van der Waals surface area (Å²) in [5, 5.41) is 139. The van der Waals surface area contributed by atoms with Crippen molar-refractivity contribution in [3.63, 3.8) is 0 Å². The Kier molecular flexibility index (Phi) is 42.3. The van der Waals surface area contributed by atoms with Crippen LogP contribution in [0.15, 0.2) is 60.7 Å². The van der Waals surface area contributed by atoms with Crippen molar-refractivity contribution < 1.29 is 142 Å². The topological polar surface area (TPSA) is 852 Å². The van der Waals surface area contributed by atoms with Gasteiger partial charge in [-0.2, -0.15) is 80.8 Å². The number of para-hydroxylation sites is 1. The molecule has 0 bridgehead atoms. The van der Waals surface area contributed by atoms with Gasteiger partial charge in [-0.15, -0.1) is 0 Å². The summed E-state index contributed by atoms with van der Waals surface area (Å²) in [6, 6.07) is 15.5. The van der Waals surface area contributed by atoms with Crippen molar-refractivity contribution in [2.24, 2.45) is 92.8 Å². The Hall–Kier alpha value is -5.50. The van der Waals surface area contributed by atoms with E-state index < -0.39 is 231 Å².